The molecule has 0 atom stereocenters. The molecule has 0 unspecified atom stereocenters. The monoisotopic (exact) mass is 422 g/mol. The molecule has 0 fully saturated rings. The van der Waals surface area contributed by atoms with Gasteiger partial charge < -0.3 is 28.8 Å². The third kappa shape index (κ3) is 6.59. The quantitative estimate of drug-likeness (QED) is 0.462. The summed E-state index contributed by atoms with van der Waals surface area (Å²) in [4.78, 5) is 21.1. The average Bonchev–Trinajstić information content (AvgIpc) is 2.62. The van der Waals surface area contributed by atoms with Gasteiger partial charge in [0.05, 0.1) is 0 Å². The predicted molar refractivity (Wildman–Crippen MR) is 99.7 cm³/mol. The average molecular weight is 422 g/mol. The van der Waals surface area contributed by atoms with Gasteiger partial charge >= 0.3 is 22.3 Å². The zero-order chi connectivity index (χ0) is 21.6. The van der Waals surface area contributed by atoms with Crippen molar-refractivity contribution in [3.63, 3.8) is 0 Å². The van der Waals surface area contributed by atoms with Gasteiger partial charge in [0.1, 0.15) is 0 Å². The van der Waals surface area contributed by atoms with Gasteiger partial charge in [-0.3, -0.25) is 0 Å². The highest BCUT2D eigenvalue weighted by atomic mass is 32.3. The first-order valence-electron chi connectivity index (χ1n) is 7.68. The molecule has 0 bridgehead atoms. The highest BCUT2D eigenvalue weighted by molar-refractivity contribution is 7.82. The molecule has 0 aromatic heterocycles. The lowest BCUT2D eigenvalue weighted by atomic mass is 10.2. The van der Waals surface area contributed by atoms with E-state index < -0.39 is 45.3 Å². The second-order valence-electron chi connectivity index (χ2n) is 5.37. The van der Waals surface area contributed by atoms with Crippen molar-refractivity contribution in [3.8, 4) is 23.0 Å². The fourth-order valence-corrected chi connectivity index (χ4v) is 2.72. The van der Waals surface area contributed by atoms with E-state index in [1.54, 1.807) is 0 Å². The SMILES string of the molecule is O=C(O)C=Cc1ccc(O)c(OS(=O)(=O)Oc2cc(C=CC(=O)O)ccc2O)c1. The molecular formula is C18H14O10S. The number of aliphatic carboxylic acids is 2. The molecule has 0 spiro atoms. The van der Waals surface area contributed by atoms with Crippen LogP contribution in [0.4, 0.5) is 0 Å². The first-order chi connectivity index (χ1) is 13.6. The van der Waals surface area contributed by atoms with E-state index in [2.05, 4.69) is 8.37 Å². The second-order valence-corrected chi connectivity index (χ2v) is 6.52. The Morgan fingerprint density at radius 2 is 1.14 bits per heavy atom. The highest BCUT2D eigenvalue weighted by Crippen LogP contribution is 2.32. The van der Waals surface area contributed by atoms with Crippen LogP contribution in [-0.4, -0.2) is 40.8 Å². The van der Waals surface area contributed by atoms with Crippen LogP contribution in [0.25, 0.3) is 12.2 Å². The Labute approximate surface area is 164 Å². The normalized spacial score (nSPS) is 11.6. The van der Waals surface area contributed by atoms with Gasteiger partial charge in [-0.05, 0) is 47.5 Å². The summed E-state index contributed by atoms with van der Waals surface area (Å²) in [6.45, 7) is 0. The summed E-state index contributed by atoms with van der Waals surface area (Å²) in [5.74, 6) is -4.68. The van der Waals surface area contributed by atoms with Crippen molar-refractivity contribution in [1.82, 2.24) is 0 Å². The summed E-state index contributed by atoms with van der Waals surface area (Å²) in [5, 5.41) is 36.8. The molecule has 0 aliphatic rings. The summed E-state index contributed by atoms with van der Waals surface area (Å²) in [5.41, 5.74) is 0.443. The van der Waals surface area contributed by atoms with Crippen molar-refractivity contribution in [1.29, 1.82) is 0 Å². The first kappa shape index (κ1) is 21.3. The summed E-state index contributed by atoms with van der Waals surface area (Å²) in [6.07, 6.45) is 3.89. The predicted octanol–water partition coefficient (Wildman–Crippen LogP) is 2.00. The van der Waals surface area contributed by atoms with Crippen molar-refractivity contribution in [2.24, 2.45) is 0 Å². The van der Waals surface area contributed by atoms with E-state index in [0.717, 1.165) is 48.6 Å². The van der Waals surface area contributed by atoms with E-state index in [9.17, 15) is 28.2 Å². The lowest BCUT2D eigenvalue weighted by Gasteiger charge is -2.11. The molecule has 0 saturated carbocycles. The smallest absolute Gasteiger partial charge is 0.501 e. The molecule has 4 N–H and O–H groups in total. The molecular weight excluding hydrogens is 408 g/mol. The van der Waals surface area contributed by atoms with E-state index in [4.69, 9.17) is 10.2 Å². The number of carbonyl (C=O) groups is 2. The number of rotatable bonds is 8. The Balaban J connectivity index is 2.27. The molecule has 2 rings (SSSR count). The maximum absolute atomic E-state index is 12.1. The molecule has 0 aliphatic heterocycles. The molecule has 0 saturated heterocycles. The van der Waals surface area contributed by atoms with Crippen LogP contribution in [0.1, 0.15) is 11.1 Å². The summed E-state index contributed by atoms with van der Waals surface area (Å²) in [7, 11) is -4.83. The van der Waals surface area contributed by atoms with Gasteiger partial charge in [0.15, 0.2) is 23.0 Å². The van der Waals surface area contributed by atoms with Crippen molar-refractivity contribution in [2.75, 3.05) is 0 Å². The van der Waals surface area contributed by atoms with E-state index in [0.29, 0.717) is 0 Å². The van der Waals surface area contributed by atoms with E-state index >= 15 is 0 Å². The largest absolute Gasteiger partial charge is 0.504 e. The molecule has 10 nitrogen and oxygen atoms in total. The van der Waals surface area contributed by atoms with Gasteiger partial charge in [0.25, 0.3) is 0 Å². The van der Waals surface area contributed by atoms with Gasteiger partial charge in [0, 0.05) is 12.2 Å². The van der Waals surface area contributed by atoms with E-state index in [1.807, 2.05) is 0 Å². The van der Waals surface area contributed by atoms with Crippen molar-refractivity contribution in [3.05, 3.63) is 59.7 Å². The molecule has 0 amide bonds. The maximum atomic E-state index is 12.1. The second kappa shape index (κ2) is 8.80. The van der Waals surface area contributed by atoms with Crippen molar-refractivity contribution >= 4 is 34.5 Å². The number of benzene rings is 2. The maximum Gasteiger partial charge on any atom is 0.501 e. The Bertz CT molecular complexity index is 1020. The molecule has 2 aromatic rings. The third-order valence-corrected chi connectivity index (χ3v) is 3.96. The fourth-order valence-electron chi connectivity index (χ4n) is 1.97. The minimum Gasteiger partial charge on any atom is -0.504 e. The molecule has 29 heavy (non-hydrogen) atoms. The zero-order valence-electron chi connectivity index (χ0n) is 14.4. The van der Waals surface area contributed by atoms with Crippen LogP contribution in [-0.2, 0) is 20.0 Å². The first-order valence-corrected chi connectivity index (χ1v) is 9.01. The Morgan fingerprint density at radius 3 is 1.48 bits per heavy atom. The number of phenols is 2. The van der Waals surface area contributed by atoms with Gasteiger partial charge in [-0.1, -0.05) is 12.1 Å². The molecule has 0 heterocycles. The Kier molecular flexibility index (Phi) is 6.47. The van der Waals surface area contributed by atoms with Gasteiger partial charge in [-0.25, -0.2) is 9.59 Å². The van der Waals surface area contributed by atoms with Crippen LogP contribution in [0.3, 0.4) is 0 Å². The summed E-state index contributed by atoms with van der Waals surface area (Å²) < 4.78 is 33.6. The summed E-state index contributed by atoms with van der Waals surface area (Å²) >= 11 is 0. The Hall–Kier alpha value is -3.99. The number of hydrogen-bond donors (Lipinski definition) is 4. The molecule has 11 heteroatoms. The van der Waals surface area contributed by atoms with Crippen LogP contribution in [0.5, 0.6) is 23.0 Å². The topological polar surface area (TPSA) is 168 Å². The molecule has 0 radical (unpaired) electrons. The number of aromatic hydroxyl groups is 2. The van der Waals surface area contributed by atoms with E-state index in [-0.39, 0.29) is 11.1 Å². The van der Waals surface area contributed by atoms with Crippen molar-refractivity contribution < 1.29 is 46.8 Å². The standard InChI is InChI=1S/C18H14O10S/c19-13-5-1-11(3-7-17(21)22)9-15(13)27-29(25,26)28-16-10-12(2-6-14(16)20)4-8-18(23)24/h1-10,19-20H,(H,21,22)(H,23,24). The molecule has 0 aliphatic carbocycles. The van der Waals surface area contributed by atoms with Crippen LogP contribution in [0.15, 0.2) is 48.6 Å². The number of carboxylic acid groups (broad SMARTS) is 2. The van der Waals surface area contributed by atoms with Crippen LogP contribution < -0.4 is 8.37 Å². The van der Waals surface area contributed by atoms with Gasteiger partial charge in [0.2, 0.25) is 0 Å². The number of phenolic OH excluding ortho intramolecular Hbond substituents is 2. The third-order valence-electron chi connectivity index (χ3n) is 3.19. The minimum absolute atomic E-state index is 0.221. The van der Waals surface area contributed by atoms with E-state index in [1.165, 1.54) is 12.1 Å². The lowest BCUT2D eigenvalue weighted by Crippen LogP contribution is -2.16. The zero-order valence-corrected chi connectivity index (χ0v) is 15.2. The van der Waals surface area contributed by atoms with Crippen LogP contribution in [0.2, 0.25) is 0 Å². The van der Waals surface area contributed by atoms with Gasteiger partial charge in [-0.15, -0.1) is 8.42 Å². The summed E-state index contributed by atoms with van der Waals surface area (Å²) in [6, 6.07) is 6.92. The highest BCUT2D eigenvalue weighted by Gasteiger charge is 2.20. The molecule has 152 valence electrons. The van der Waals surface area contributed by atoms with Crippen molar-refractivity contribution in [2.45, 2.75) is 0 Å². The minimum atomic E-state index is -4.83. The number of carboxylic acids is 2. The lowest BCUT2D eigenvalue weighted by molar-refractivity contribution is -0.132. The van der Waals surface area contributed by atoms with Gasteiger partial charge in [-0.2, -0.15) is 0 Å². The fraction of sp³-hybridized carbons (Fsp3) is 0. The van der Waals surface area contributed by atoms with Crippen LogP contribution in [0, 0.1) is 0 Å². The Morgan fingerprint density at radius 1 is 0.759 bits per heavy atom. The number of hydrogen-bond acceptors (Lipinski definition) is 8. The molecule has 2 aromatic carbocycles. The van der Waals surface area contributed by atoms with Crippen LogP contribution >= 0.6 is 0 Å².